The number of aromatic nitrogens is 2. The van der Waals surface area contributed by atoms with E-state index in [-0.39, 0.29) is 16.2 Å². The van der Waals surface area contributed by atoms with E-state index in [4.69, 9.17) is 12.2 Å². The van der Waals surface area contributed by atoms with Crippen molar-refractivity contribution < 1.29 is 5.11 Å². The van der Waals surface area contributed by atoms with E-state index in [0.717, 1.165) is 25.7 Å². The predicted molar refractivity (Wildman–Crippen MR) is 111 cm³/mol. The minimum atomic E-state index is -0.408. The zero-order valence-corrected chi connectivity index (χ0v) is 16.2. The van der Waals surface area contributed by atoms with Gasteiger partial charge in [-0.05, 0) is 56.3 Å². The third-order valence-electron chi connectivity index (χ3n) is 4.84. The standard InChI is InChI=1S/C21H25N3O2S/c25-19-18(15-22-13-11-16-7-3-1-4-8-16)20(26)24(21(27)23-19)14-12-17-9-5-2-6-10-17/h1,3-4,7-9,15,26H,2,5-6,10-14H2,(H,23,25,27). The summed E-state index contributed by atoms with van der Waals surface area (Å²) in [5.74, 6) is -0.108. The molecular formula is C21H25N3O2S. The number of aromatic hydroxyl groups is 1. The van der Waals surface area contributed by atoms with E-state index in [1.54, 1.807) is 4.57 Å². The maximum atomic E-state index is 12.2. The molecular weight excluding hydrogens is 358 g/mol. The van der Waals surface area contributed by atoms with Crippen molar-refractivity contribution in [2.75, 3.05) is 6.54 Å². The Balaban J connectivity index is 1.71. The van der Waals surface area contributed by atoms with Crippen LogP contribution in [0.25, 0.3) is 0 Å². The normalized spacial score (nSPS) is 14.4. The fourth-order valence-electron chi connectivity index (χ4n) is 3.28. The molecule has 1 aromatic heterocycles. The molecule has 0 radical (unpaired) electrons. The lowest BCUT2D eigenvalue weighted by atomic mass is 9.97. The van der Waals surface area contributed by atoms with Crippen LogP contribution in [0.5, 0.6) is 5.88 Å². The molecule has 1 aliphatic carbocycles. The smallest absolute Gasteiger partial charge is 0.264 e. The molecule has 0 spiro atoms. The van der Waals surface area contributed by atoms with Crippen LogP contribution in [0.3, 0.4) is 0 Å². The maximum absolute atomic E-state index is 12.2. The summed E-state index contributed by atoms with van der Waals surface area (Å²) in [4.78, 5) is 19.1. The highest BCUT2D eigenvalue weighted by Gasteiger charge is 2.12. The van der Waals surface area contributed by atoms with Crippen LogP contribution < -0.4 is 5.56 Å². The summed E-state index contributed by atoms with van der Waals surface area (Å²) >= 11 is 5.24. The molecule has 0 saturated heterocycles. The van der Waals surface area contributed by atoms with Gasteiger partial charge in [0.25, 0.3) is 5.56 Å². The first kappa shape index (κ1) is 19.3. The van der Waals surface area contributed by atoms with E-state index in [1.165, 1.54) is 30.2 Å². The van der Waals surface area contributed by atoms with Gasteiger partial charge < -0.3 is 5.11 Å². The molecule has 1 aromatic carbocycles. The summed E-state index contributed by atoms with van der Waals surface area (Å²) < 4.78 is 1.83. The van der Waals surface area contributed by atoms with Gasteiger partial charge in [-0.25, -0.2) is 0 Å². The van der Waals surface area contributed by atoms with Crippen LogP contribution in [0.1, 0.15) is 43.2 Å². The monoisotopic (exact) mass is 383 g/mol. The number of benzene rings is 1. The summed E-state index contributed by atoms with van der Waals surface area (Å²) in [6.45, 7) is 1.10. The second-order valence-electron chi connectivity index (χ2n) is 6.78. The largest absolute Gasteiger partial charge is 0.494 e. The number of aromatic amines is 1. The Labute approximate surface area is 164 Å². The lowest BCUT2D eigenvalue weighted by Gasteiger charge is -2.15. The Hall–Kier alpha value is -2.47. The number of nitrogens with zero attached hydrogens (tertiary/aromatic N) is 2. The highest BCUT2D eigenvalue weighted by Crippen LogP contribution is 2.22. The van der Waals surface area contributed by atoms with E-state index >= 15 is 0 Å². The third kappa shape index (κ3) is 5.26. The first-order valence-corrected chi connectivity index (χ1v) is 9.83. The number of hydrogen-bond acceptors (Lipinski definition) is 4. The molecule has 6 heteroatoms. The molecule has 5 nitrogen and oxygen atoms in total. The highest BCUT2D eigenvalue weighted by atomic mass is 32.1. The number of allylic oxidation sites excluding steroid dienone is 2. The van der Waals surface area contributed by atoms with Gasteiger partial charge in [0, 0.05) is 19.3 Å². The molecule has 1 aliphatic rings. The minimum absolute atomic E-state index is 0.108. The van der Waals surface area contributed by atoms with Crippen molar-refractivity contribution in [2.24, 2.45) is 4.99 Å². The number of H-pyrrole nitrogens is 1. The predicted octanol–water partition coefficient (Wildman–Crippen LogP) is 4.16. The van der Waals surface area contributed by atoms with Crippen LogP contribution in [-0.2, 0) is 13.0 Å². The van der Waals surface area contributed by atoms with E-state index in [2.05, 4.69) is 16.1 Å². The molecule has 142 valence electrons. The molecule has 0 saturated carbocycles. The minimum Gasteiger partial charge on any atom is -0.494 e. The number of nitrogens with one attached hydrogen (secondary N) is 1. The van der Waals surface area contributed by atoms with Crippen LogP contribution in [0, 0.1) is 4.77 Å². The van der Waals surface area contributed by atoms with Gasteiger partial charge in [0.1, 0.15) is 5.56 Å². The van der Waals surface area contributed by atoms with Gasteiger partial charge in [0.15, 0.2) is 4.77 Å². The zero-order valence-electron chi connectivity index (χ0n) is 15.4. The number of hydrogen-bond donors (Lipinski definition) is 2. The van der Waals surface area contributed by atoms with Crippen LogP contribution in [0.15, 0.2) is 51.8 Å². The van der Waals surface area contributed by atoms with Gasteiger partial charge in [-0.1, -0.05) is 42.0 Å². The summed E-state index contributed by atoms with van der Waals surface area (Å²) in [6, 6.07) is 10.0. The van der Waals surface area contributed by atoms with Gasteiger partial charge in [-0.3, -0.25) is 19.3 Å². The number of rotatable bonds is 7. The molecule has 0 fully saturated rings. The molecule has 0 amide bonds. The van der Waals surface area contributed by atoms with E-state index in [0.29, 0.717) is 13.1 Å². The van der Waals surface area contributed by atoms with Gasteiger partial charge in [0.2, 0.25) is 5.88 Å². The average molecular weight is 384 g/mol. The second-order valence-corrected chi connectivity index (χ2v) is 7.16. The Kier molecular flexibility index (Phi) is 6.76. The zero-order chi connectivity index (χ0) is 19.1. The van der Waals surface area contributed by atoms with Crippen LogP contribution >= 0.6 is 12.2 Å². The summed E-state index contributed by atoms with van der Waals surface area (Å²) in [5.41, 5.74) is 2.33. The van der Waals surface area contributed by atoms with Gasteiger partial charge in [0.05, 0.1) is 0 Å². The summed E-state index contributed by atoms with van der Waals surface area (Å²) in [5, 5.41) is 10.6. The summed E-state index contributed by atoms with van der Waals surface area (Å²) in [7, 11) is 0. The molecule has 0 atom stereocenters. The van der Waals surface area contributed by atoms with Crippen molar-refractivity contribution in [1.29, 1.82) is 0 Å². The molecule has 0 bridgehead atoms. The van der Waals surface area contributed by atoms with Gasteiger partial charge >= 0.3 is 0 Å². The molecule has 0 aliphatic heterocycles. The molecule has 3 rings (SSSR count). The molecule has 2 aromatic rings. The van der Waals surface area contributed by atoms with Crippen molar-refractivity contribution in [2.45, 2.75) is 45.1 Å². The fourth-order valence-corrected chi connectivity index (χ4v) is 3.55. The Morgan fingerprint density at radius 2 is 2.04 bits per heavy atom. The first-order valence-electron chi connectivity index (χ1n) is 9.43. The van der Waals surface area contributed by atoms with E-state index < -0.39 is 5.56 Å². The van der Waals surface area contributed by atoms with Crippen molar-refractivity contribution >= 4 is 18.4 Å². The summed E-state index contributed by atoms with van der Waals surface area (Å²) in [6.07, 6.45) is 10.0. The average Bonchev–Trinajstić information content (AvgIpc) is 2.68. The Bertz CT molecular complexity index is 942. The first-order chi connectivity index (χ1) is 13.1. The quantitative estimate of drug-likeness (QED) is 0.428. The Morgan fingerprint density at radius 1 is 1.22 bits per heavy atom. The van der Waals surface area contributed by atoms with Crippen molar-refractivity contribution in [3.8, 4) is 5.88 Å². The van der Waals surface area contributed by atoms with Crippen LogP contribution in [0.4, 0.5) is 0 Å². The van der Waals surface area contributed by atoms with E-state index in [1.807, 2.05) is 30.3 Å². The Morgan fingerprint density at radius 3 is 2.78 bits per heavy atom. The second kappa shape index (κ2) is 9.46. The maximum Gasteiger partial charge on any atom is 0.264 e. The van der Waals surface area contributed by atoms with Crippen molar-refractivity contribution in [3.05, 3.63) is 68.2 Å². The van der Waals surface area contributed by atoms with Crippen molar-refractivity contribution in [1.82, 2.24) is 9.55 Å². The van der Waals surface area contributed by atoms with Gasteiger partial charge in [-0.2, -0.15) is 0 Å². The fraction of sp³-hybridized carbons (Fsp3) is 0.381. The topological polar surface area (TPSA) is 70.4 Å². The van der Waals surface area contributed by atoms with Crippen LogP contribution in [0.2, 0.25) is 0 Å². The lowest BCUT2D eigenvalue weighted by Crippen LogP contribution is -2.19. The molecule has 1 heterocycles. The molecule has 2 N–H and O–H groups in total. The lowest BCUT2D eigenvalue weighted by molar-refractivity contribution is 0.402. The molecule has 27 heavy (non-hydrogen) atoms. The van der Waals surface area contributed by atoms with E-state index in [9.17, 15) is 9.90 Å². The highest BCUT2D eigenvalue weighted by molar-refractivity contribution is 7.71. The van der Waals surface area contributed by atoms with Crippen LogP contribution in [-0.4, -0.2) is 27.4 Å². The third-order valence-corrected chi connectivity index (χ3v) is 5.16. The number of aliphatic imine (C=N–C) groups is 1. The SMILES string of the molecule is O=c1[nH]c(=S)n(CCC2=CCCCC2)c(O)c1C=NCCc1ccccc1. The molecule has 0 unspecified atom stereocenters. The van der Waals surface area contributed by atoms with Gasteiger partial charge in [-0.15, -0.1) is 0 Å². The van der Waals surface area contributed by atoms with Crippen molar-refractivity contribution in [3.63, 3.8) is 0 Å².